The number of aromatic nitrogens is 3. The van der Waals surface area contributed by atoms with Crippen LogP contribution in [0, 0.1) is 0 Å². The van der Waals surface area contributed by atoms with Crippen LogP contribution in [0.4, 0.5) is 0 Å². The number of benzene rings is 1. The van der Waals surface area contributed by atoms with Crippen LogP contribution in [0.1, 0.15) is 29.5 Å². The van der Waals surface area contributed by atoms with Gasteiger partial charge in [0.1, 0.15) is 18.1 Å². The van der Waals surface area contributed by atoms with Gasteiger partial charge in [0.2, 0.25) is 0 Å². The maximum absolute atomic E-state index is 11.0. The second kappa shape index (κ2) is 6.72. The summed E-state index contributed by atoms with van der Waals surface area (Å²) in [6.45, 7) is 2.86. The Morgan fingerprint density at radius 2 is 2.20 bits per heavy atom. The summed E-state index contributed by atoms with van der Waals surface area (Å²) in [7, 11) is 0. The molecule has 2 rings (SSSR count). The van der Waals surface area contributed by atoms with E-state index in [1.54, 1.807) is 22.9 Å². The number of carbonyl (C=O) groups excluding carboxylic acids is 1. The molecule has 0 saturated carbocycles. The zero-order valence-electron chi connectivity index (χ0n) is 10.8. The Hall–Kier alpha value is -1.59. The summed E-state index contributed by atoms with van der Waals surface area (Å²) < 4.78 is 7.28. The molecule has 0 N–H and O–H groups in total. The predicted octanol–water partition coefficient (Wildman–Crippen LogP) is 3.39. The molecule has 0 aliphatic rings. The quantitative estimate of drug-likeness (QED) is 0.767. The van der Waals surface area contributed by atoms with Crippen molar-refractivity contribution in [1.29, 1.82) is 0 Å². The number of nitrogens with zero attached hydrogens (tertiary/aromatic N) is 3. The molecule has 1 aromatic carbocycles. The van der Waals surface area contributed by atoms with E-state index in [1.165, 1.54) is 0 Å². The first-order valence-corrected chi connectivity index (χ1v) is 6.86. The largest absolute Gasteiger partial charge is 0.486 e. The third-order valence-electron chi connectivity index (χ3n) is 2.67. The van der Waals surface area contributed by atoms with E-state index in [0.717, 1.165) is 6.42 Å². The Morgan fingerprint density at radius 1 is 1.40 bits per heavy atom. The lowest BCUT2D eigenvalue weighted by atomic mass is 10.3. The lowest BCUT2D eigenvalue weighted by Gasteiger charge is -2.09. The lowest BCUT2D eigenvalue weighted by molar-refractivity contribution is 0.111. The average molecular weight is 314 g/mol. The van der Waals surface area contributed by atoms with Gasteiger partial charge in [-0.3, -0.25) is 4.79 Å². The van der Waals surface area contributed by atoms with E-state index < -0.39 is 0 Å². The minimum Gasteiger partial charge on any atom is -0.486 e. The summed E-state index contributed by atoms with van der Waals surface area (Å²) in [4.78, 5) is 11.0. The molecule has 0 amide bonds. The Bertz CT molecular complexity index is 614. The molecule has 1 heterocycles. The topological polar surface area (TPSA) is 57.0 Å². The van der Waals surface area contributed by atoms with Crippen LogP contribution in [0.3, 0.4) is 0 Å². The molecule has 7 heteroatoms. The molecule has 2 aromatic rings. The van der Waals surface area contributed by atoms with Gasteiger partial charge in [0.15, 0.2) is 12.0 Å². The minimum atomic E-state index is 0.169. The maximum Gasteiger partial charge on any atom is 0.172 e. The van der Waals surface area contributed by atoms with Crippen LogP contribution in [0.2, 0.25) is 10.0 Å². The van der Waals surface area contributed by atoms with Gasteiger partial charge in [0.05, 0.1) is 5.02 Å². The van der Waals surface area contributed by atoms with Crippen molar-refractivity contribution in [1.82, 2.24) is 15.0 Å². The fourth-order valence-electron chi connectivity index (χ4n) is 1.72. The van der Waals surface area contributed by atoms with Crippen LogP contribution in [-0.2, 0) is 13.2 Å². The first kappa shape index (κ1) is 14.8. The molecule has 0 aliphatic carbocycles. The summed E-state index contributed by atoms with van der Waals surface area (Å²) in [5.74, 6) is 0.497. The molecule has 0 spiro atoms. The van der Waals surface area contributed by atoms with Gasteiger partial charge in [-0.1, -0.05) is 35.3 Å². The van der Waals surface area contributed by atoms with Crippen LogP contribution >= 0.6 is 23.2 Å². The van der Waals surface area contributed by atoms with E-state index in [4.69, 9.17) is 27.9 Å². The zero-order valence-corrected chi connectivity index (χ0v) is 12.4. The molecule has 106 valence electrons. The smallest absolute Gasteiger partial charge is 0.172 e. The van der Waals surface area contributed by atoms with Gasteiger partial charge >= 0.3 is 0 Å². The molecule has 5 nitrogen and oxygen atoms in total. The second-order valence-corrected chi connectivity index (χ2v) is 4.97. The molecule has 0 fully saturated rings. The van der Waals surface area contributed by atoms with Crippen LogP contribution in [0.15, 0.2) is 18.2 Å². The highest BCUT2D eigenvalue weighted by Crippen LogP contribution is 2.28. The summed E-state index contributed by atoms with van der Waals surface area (Å²) >= 11 is 11.8. The Labute approximate surface area is 126 Å². The number of aldehydes is 1. The molecule has 20 heavy (non-hydrogen) atoms. The van der Waals surface area contributed by atoms with Crippen molar-refractivity contribution in [3.8, 4) is 5.75 Å². The van der Waals surface area contributed by atoms with Crippen molar-refractivity contribution in [3.63, 3.8) is 0 Å². The lowest BCUT2D eigenvalue weighted by Crippen LogP contribution is -2.09. The Kier molecular flexibility index (Phi) is 4.98. The number of aryl methyl sites for hydroxylation is 1. The number of hydrogen-bond donors (Lipinski definition) is 0. The van der Waals surface area contributed by atoms with Gasteiger partial charge in [0, 0.05) is 11.6 Å². The molecule has 0 unspecified atom stereocenters. The number of ether oxygens (including phenoxy) is 1. The third kappa shape index (κ3) is 3.29. The van der Waals surface area contributed by atoms with Gasteiger partial charge in [-0.2, -0.15) is 0 Å². The first-order chi connectivity index (χ1) is 9.65. The highest BCUT2D eigenvalue weighted by molar-refractivity contribution is 6.35. The molecule has 0 bridgehead atoms. The van der Waals surface area contributed by atoms with Gasteiger partial charge in [-0.15, -0.1) is 5.10 Å². The van der Waals surface area contributed by atoms with E-state index >= 15 is 0 Å². The summed E-state index contributed by atoms with van der Waals surface area (Å²) in [5, 5.41) is 8.69. The third-order valence-corrected chi connectivity index (χ3v) is 3.20. The number of halogens is 2. The molecule has 0 saturated heterocycles. The zero-order chi connectivity index (χ0) is 14.5. The van der Waals surface area contributed by atoms with Crippen molar-refractivity contribution < 1.29 is 9.53 Å². The number of carbonyl (C=O) groups is 1. The first-order valence-electron chi connectivity index (χ1n) is 6.11. The Morgan fingerprint density at radius 3 is 2.85 bits per heavy atom. The predicted molar refractivity (Wildman–Crippen MR) is 76.5 cm³/mol. The fraction of sp³-hybridized carbons (Fsp3) is 0.308. The van der Waals surface area contributed by atoms with Gasteiger partial charge in [-0.25, -0.2) is 4.68 Å². The standard InChI is InChI=1S/C13H13Cl2N3O2/c1-2-5-18-12(11(7-19)16-17-18)8-20-13-4-3-9(14)6-10(13)15/h3-4,6-7H,2,5,8H2,1H3. The molecule has 0 radical (unpaired) electrons. The Balaban J connectivity index is 2.17. The minimum absolute atomic E-state index is 0.169. The van der Waals surface area contributed by atoms with Crippen molar-refractivity contribution in [2.45, 2.75) is 26.5 Å². The second-order valence-electron chi connectivity index (χ2n) is 4.13. The van der Waals surface area contributed by atoms with Crippen LogP contribution in [0.25, 0.3) is 0 Å². The van der Waals surface area contributed by atoms with Crippen molar-refractivity contribution >= 4 is 29.5 Å². The van der Waals surface area contributed by atoms with Crippen LogP contribution < -0.4 is 4.74 Å². The van der Waals surface area contributed by atoms with E-state index in [-0.39, 0.29) is 12.3 Å². The maximum atomic E-state index is 11.0. The number of hydrogen-bond acceptors (Lipinski definition) is 4. The van der Waals surface area contributed by atoms with E-state index in [0.29, 0.717) is 34.3 Å². The normalized spacial score (nSPS) is 10.6. The summed E-state index contributed by atoms with van der Waals surface area (Å²) in [5.41, 5.74) is 0.913. The molecular weight excluding hydrogens is 301 g/mol. The van der Waals surface area contributed by atoms with E-state index in [1.807, 2.05) is 6.92 Å². The molecule has 0 atom stereocenters. The molecule has 0 aliphatic heterocycles. The van der Waals surface area contributed by atoms with Gasteiger partial charge in [-0.05, 0) is 24.6 Å². The van der Waals surface area contributed by atoms with Crippen LogP contribution in [0.5, 0.6) is 5.75 Å². The number of rotatable bonds is 6. The van der Waals surface area contributed by atoms with Gasteiger partial charge in [0.25, 0.3) is 0 Å². The van der Waals surface area contributed by atoms with Crippen LogP contribution in [-0.4, -0.2) is 21.3 Å². The van der Waals surface area contributed by atoms with Crippen molar-refractivity contribution in [2.24, 2.45) is 0 Å². The van der Waals surface area contributed by atoms with E-state index in [9.17, 15) is 4.79 Å². The SMILES string of the molecule is CCCn1nnc(C=O)c1COc1ccc(Cl)cc1Cl. The molecule has 1 aromatic heterocycles. The molecular formula is C13H13Cl2N3O2. The fourth-order valence-corrected chi connectivity index (χ4v) is 2.18. The summed E-state index contributed by atoms with van der Waals surface area (Å²) in [6, 6.07) is 4.96. The summed E-state index contributed by atoms with van der Waals surface area (Å²) in [6.07, 6.45) is 1.55. The van der Waals surface area contributed by atoms with E-state index in [2.05, 4.69) is 10.3 Å². The van der Waals surface area contributed by atoms with Crippen molar-refractivity contribution in [3.05, 3.63) is 39.6 Å². The highest BCUT2D eigenvalue weighted by Gasteiger charge is 2.13. The van der Waals surface area contributed by atoms with Gasteiger partial charge < -0.3 is 4.74 Å². The monoisotopic (exact) mass is 313 g/mol. The highest BCUT2D eigenvalue weighted by atomic mass is 35.5. The van der Waals surface area contributed by atoms with Crippen molar-refractivity contribution in [2.75, 3.05) is 0 Å². The average Bonchev–Trinajstić information content (AvgIpc) is 2.80.